The van der Waals surface area contributed by atoms with Gasteiger partial charge in [0.15, 0.2) is 6.61 Å². The fraction of sp³-hybridized carbons (Fsp3) is 0.350. The van der Waals surface area contributed by atoms with Crippen LogP contribution in [0.2, 0.25) is 0 Å². The molecule has 1 fully saturated rings. The number of carbonyl (C=O) groups excluding carboxylic acids is 1. The summed E-state index contributed by atoms with van der Waals surface area (Å²) in [6, 6.07) is 11.5. The Morgan fingerprint density at radius 2 is 1.89 bits per heavy atom. The Morgan fingerprint density at radius 1 is 1.14 bits per heavy atom. The van der Waals surface area contributed by atoms with Crippen LogP contribution in [-0.2, 0) is 17.6 Å². The van der Waals surface area contributed by atoms with Gasteiger partial charge in [0.25, 0.3) is 5.91 Å². The van der Waals surface area contributed by atoms with Crippen LogP contribution in [0.25, 0.3) is 0 Å². The Kier molecular flexibility index (Phi) is 6.08. The number of aliphatic hydroxyl groups excluding tert-OH is 1. The molecule has 1 heterocycles. The number of hydrogen-bond donors (Lipinski definition) is 1. The van der Waals surface area contributed by atoms with Crippen molar-refractivity contribution in [2.75, 3.05) is 19.7 Å². The molecule has 3 rings (SSSR count). The minimum Gasteiger partial charge on any atom is -0.489 e. The highest BCUT2D eigenvalue weighted by Crippen LogP contribution is 2.32. The van der Waals surface area contributed by atoms with Gasteiger partial charge < -0.3 is 19.5 Å². The predicted octanol–water partition coefficient (Wildman–Crippen LogP) is 3.26. The molecule has 0 saturated carbocycles. The van der Waals surface area contributed by atoms with Gasteiger partial charge in [0.2, 0.25) is 0 Å². The monoisotopic (exact) mass is 395 g/mol. The second-order valence-electron chi connectivity index (χ2n) is 6.48. The maximum atomic E-state index is 12.8. The Bertz CT molecular complexity index is 808. The lowest BCUT2D eigenvalue weighted by molar-refractivity contribution is -0.137. The van der Waals surface area contributed by atoms with E-state index in [1.54, 1.807) is 29.2 Å². The normalized spacial score (nSPS) is 16.9. The Labute approximate surface area is 160 Å². The molecule has 8 heteroatoms. The fourth-order valence-electron chi connectivity index (χ4n) is 2.92. The number of hydrogen-bond acceptors (Lipinski definition) is 4. The zero-order valence-electron chi connectivity index (χ0n) is 15.0. The molecule has 0 radical (unpaired) electrons. The minimum atomic E-state index is -4.43. The molecule has 0 bridgehead atoms. The van der Waals surface area contributed by atoms with E-state index in [4.69, 9.17) is 14.6 Å². The molecular weight excluding hydrogens is 375 g/mol. The van der Waals surface area contributed by atoms with Gasteiger partial charge in [-0.2, -0.15) is 13.2 Å². The van der Waals surface area contributed by atoms with E-state index in [1.165, 1.54) is 12.1 Å². The summed E-state index contributed by atoms with van der Waals surface area (Å²) < 4.78 is 49.4. The first-order valence-electron chi connectivity index (χ1n) is 8.79. The quantitative estimate of drug-likeness (QED) is 0.816. The van der Waals surface area contributed by atoms with Crippen molar-refractivity contribution in [1.29, 1.82) is 0 Å². The first kappa shape index (κ1) is 20.0. The van der Waals surface area contributed by atoms with E-state index in [0.29, 0.717) is 25.3 Å². The summed E-state index contributed by atoms with van der Waals surface area (Å²) in [5.74, 6) is 0.428. The maximum absolute atomic E-state index is 12.8. The Balaban J connectivity index is 1.50. The lowest BCUT2D eigenvalue weighted by atomic mass is 10.2. The molecule has 1 aliphatic heterocycles. The van der Waals surface area contributed by atoms with Crippen molar-refractivity contribution >= 4 is 5.91 Å². The van der Waals surface area contributed by atoms with E-state index in [1.807, 2.05) is 0 Å². The summed E-state index contributed by atoms with van der Waals surface area (Å²) in [5.41, 5.74) is -0.0238. The van der Waals surface area contributed by atoms with Crippen molar-refractivity contribution < 1.29 is 32.5 Å². The van der Waals surface area contributed by atoms with E-state index >= 15 is 0 Å². The van der Waals surface area contributed by atoms with Crippen LogP contribution in [0.5, 0.6) is 11.5 Å². The van der Waals surface area contributed by atoms with Gasteiger partial charge >= 0.3 is 6.18 Å². The molecule has 150 valence electrons. The number of halogens is 3. The summed E-state index contributed by atoms with van der Waals surface area (Å²) in [6.07, 6.45) is -4.26. The molecule has 1 atom stereocenters. The highest BCUT2D eigenvalue weighted by molar-refractivity contribution is 5.78. The van der Waals surface area contributed by atoms with Crippen LogP contribution in [0.15, 0.2) is 48.5 Å². The second kappa shape index (κ2) is 8.52. The molecule has 1 aliphatic rings. The molecule has 2 aromatic rings. The summed E-state index contributed by atoms with van der Waals surface area (Å²) in [6.45, 7) is 0.534. The standard InChI is InChI=1S/C20H20F3NO4/c21-20(22,23)15-2-1-3-17(10-15)28-18-8-9-24(11-18)19(26)13-27-16-6-4-14(12-25)5-7-16/h1-7,10,18,25H,8-9,11-13H2. The molecule has 0 aromatic heterocycles. The van der Waals surface area contributed by atoms with Crippen molar-refractivity contribution in [2.24, 2.45) is 0 Å². The molecule has 1 unspecified atom stereocenters. The Hall–Kier alpha value is -2.74. The van der Waals surface area contributed by atoms with Gasteiger partial charge in [-0.25, -0.2) is 0 Å². The zero-order valence-corrected chi connectivity index (χ0v) is 15.0. The Morgan fingerprint density at radius 3 is 2.57 bits per heavy atom. The van der Waals surface area contributed by atoms with Gasteiger partial charge in [-0.3, -0.25) is 4.79 Å². The molecule has 1 saturated heterocycles. The number of aliphatic hydroxyl groups is 1. The first-order valence-corrected chi connectivity index (χ1v) is 8.79. The van der Waals surface area contributed by atoms with E-state index in [-0.39, 0.29) is 31.0 Å². The summed E-state index contributed by atoms with van der Waals surface area (Å²) >= 11 is 0. The highest BCUT2D eigenvalue weighted by atomic mass is 19.4. The summed E-state index contributed by atoms with van der Waals surface area (Å²) in [7, 11) is 0. The molecule has 2 aromatic carbocycles. The molecule has 5 nitrogen and oxygen atoms in total. The lowest BCUT2D eigenvalue weighted by Gasteiger charge is -2.18. The van der Waals surface area contributed by atoms with Crippen LogP contribution in [0.1, 0.15) is 17.5 Å². The van der Waals surface area contributed by atoms with Crippen molar-refractivity contribution in [3.8, 4) is 11.5 Å². The summed E-state index contributed by atoms with van der Waals surface area (Å²) in [5, 5.41) is 9.01. The molecule has 0 aliphatic carbocycles. The smallest absolute Gasteiger partial charge is 0.416 e. The molecular formula is C20H20F3NO4. The van der Waals surface area contributed by atoms with E-state index in [9.17, 15) is 18.0 Å². The SMILES string of the molecule is O=C(COc1ccc(CO)cc1)N1CCC(Oc2cccc(C(F)(F)F)c2)C1. The van der Waals surface area contributed by atoms with Gasteiger partial charge in [0, 0.05) is 13.0 Å². The number of likely N-dealkylation sites (tertiary alicyclic amines) is 1. The number of ether oxygens (including phenoxy) is 2. The average molecular weight is 395 g/mol. The average Bonchev–Trinajstić information content (AvgIpc) is 3.14. The maximum Gasteiger partial charge on any atom is 0.416 e. The van der Waals surface area contributed by atoms with Gasteiger partial charge in [0.05, 0.1) is 18.7 Å². The van der Waals surface area contributed by atoms with Gasteiger partial charge in [-0.05, 0) is 35.9 Å². The number of benzene rings is 2. The predicted molar refractivity (Wildman–Crippen MR) is 94.9 cm³/mol. The van der Waals surface area contributed by atoms with Gasteiger partial charge in [-0.15, -0.1) is 0 Å². The van der Waals surface area contributed by atoms with Crippen LogP contribution < -0.4 is 9.47 Å². The number of rotatable bonds is 6. The van der Waals surface area contributed by atoms with Crippen molar-refractivity contribution in [1.82, 2.24) is 4.90 Å². The number of carbonyl (C=O) groups is 1. The molecule has 28 heavy (non-hydrogen) atoms. The van der Waals surface area contributed by atoms with Crippen LogP contribution in [-0.4, -0.2) is 41.7 Å². The van der Waals surface area contributed by atoms with Crippen LogP contribution >= 0.6 is 0 Å². The zero-order chi connectivity index (χ0) is 20.1. The second-order valence-corrected chi connectivity index (χ2v) is 6.48. The van der Waals surface area contributed by atoms with E-state index < -0.39 is 11.7 Å². The number of alkyl halides is 3. The minimum absolute atomic E-state index is 0.0692. The molecule has 0 spiro atoms. The van der Waals surface area contributed by atoms with Crippen molar-refractivity contribution in [3.05, 3.63) is 59.7 Å². The lowest BCUT2D eigenvalue weighted by Crippen LogP contribution is -2.34. The third-order valence-corrected chi connectivity index (χ3v) is 4.43. The third-order valence-electron chi connectivity index (χ3n) is 4.43. The highest BCUT2D eigenvalue weighted by Gasteiger charge is 2.32. The van der Waals surface area contributed by atoms with Crippen LogP contribution in [0.4, 0.5) is 13.2 Å². The summed E-state index contributed by atoms with van der Waals surface area (Å²) in [4.78, 5) is 13.9. The van der Waals surface area contributed by atoms with Gasteiger partial charge in [-0.1, -0.05) is 18.2 Å². The van der Waals surface area contributed by atoms with E-state index in [0.717, 1.165) is 17.7 Å². The first-order chi connectivity index (χ1) is 13.3. The molecule has 1 amide bonds. The fourth-order valence-corrected chi connectivity index (χ4v) is 2.92. The van der Waals surface area contributed by atoms with Crippen LogP contribution in [0.3, 0.4) is 0 Å². The van der Waals surface area contributed by atoms with Gasteiger partial charge in [0.1, 0.15) is 17.6 Å². The third kappa shape index (κ3) is 5.16. The topological polar surface area (TPSA) is 59.0 Å². The van der Waals surface area contributed by atoms with Crippen LogP contribution in [0, 0.1) is 0 Å². The van der Waals surface area contributed by atoms with Crippen molar-refractivity contribution in [2.45, 2.75) is 25.3 Å². The largest absolute Gasteiger partial charge is 0.489 e. The number of amides is 1. The van der Waals surface area contributed by atoms with Crippen molar-refractivity contribution in [3.63, 3.8) is 0 Å². The number of nitrogens with zero attached hydrogens (tertiary/aromatic N) is 1. The van der Waals surface area contributed by atoms with E-state index in [2.05, 4.69) is 0 Å². The molecule has 1 N–H and O–H groups in total.